The van der Waals surface area contributed by atoms with Crippen molar-refractivity contribution in [3.63, 3.8) is 0 Å². The summed E-state index contributed by atoms with van der Waals surface area (Å²) in [5.74, 6) is 0.0554. The zero-order valence-electron chi connectivity index (χ0n) is 12.8. The monoisotopic (exact) mass is 310 g/mol. The fourth-order valence-electron chi connectivity index (χ4n) is 1.92. The van der Waals surface area contributed by atoms with Gasteiger partial charge >= 0.3 is 12.3 Å². The van der Waals surface area contributed by atoms with Crippen molar-refractivity contribution in [2.45, 2.75) is 65.0 Å². The van der Waals surface area contributed by atoms with E-state index < -0.39 is 30.0 Å². The van der Waals surface area contributed by atoms with Crippen molar-refractivity contribution in [3.8, 4) is 0 Å². The average molecular weight is 310 g/mol. The molecule has 0 aliphatic carbocycles. The van der Waals surface area contributed by atoms with Crippen molar-refractivity contribution in [1.29, 1.82) is 0 Å². The highest BCUT2D eigenvalue weighted by molar-refractivity contribution is 5.89. The summed E-state index contributed by atoms with van der Waals surface area (Å²) in [5.41, 5.74) is -4.21. The van der Waals surface area contributed by atoms with Gasteiger partial charge in [0.15, 0.2) is 0 Å². The fraction of sp³-hybridized carbons (Fsp3) is 0.846. The maximum Gasteiger partial charge on any atom is 0.439 e. The van der Waals surface area contributed by atoms with Crippen LogP contribution >= 0.6 is 0 Å². The van der Waals surface area contributed by atoms with Crippen LogP contribution in [0, 0.1) is 5.92 Å². The van der Waals surface area contributed by atoms with Gasteiger partial charge < -0.3 is 9.84 Å². The third kappa shape index (κ3) is 4.09. The molecule has 1 aliphatic rings. The Bertz CT molecular complexity index is 441. The first-order valence-corrected chi connectivity index (χ1v) is 6.65. The van der Waals surface area contributed by atoms with E-state index in [0.717, 1.165) is 0 Å². The summed E-state index contributed by atoms with van der Waals surface area (Å²) >= 11 is 0. The molecule has 1 heterocycles. The van der Waals surface area contributed by atoms with Crippen molar-refractivity contribution in [1.82, 2.24) is 5.01 Å². The first kappa shape index (κ1) is 17.7. The van der Waals surface area contributed by atoms with Crippen LogP contribution in [0.3, 0.4) is 0 Å². The zero-order chi connectivity index (χ0) is 16.6. The van der Waals surface area contributed by atoms with E-state index in [2.05, 4.69) is 5.10 Å². The summed E-state index contributed by atoms with van der Waals surface area (Å²) in [6.07, 6.45) is -6.83. The number of hydrogen-bond acceptors (Lipinski definition) is 4. The van der Waals surface area contributed by atoms with E-state index >= 15 is 0 Å². The first-order valence-electron chi connectivity index (χ1n) is 6.65. The molecule has 1 atom stereocenters. The van der Waals surface area contributed by atoms with Crippen LogP contribution in [0.5, 0.6) is 0 Å². The van der Waals surface area contributed by atoms with E-state index in [0.29, 0.717) is 0 Å². The predicted molar refractivity (Wildman–Crippen MR) is 70.6 cm³/mol. The van der Waals surface area contributed by atoms with Gasteiger partial charge in [0.05, 0.1) is 0 Å². The van der Waals surface area contributed by atoms with Gasteiger partial charge in [-0.1, -0.05) is 13.8 Å². The van der Waals surface area contributed by atoms with Gasteiger partial charge in [-0.3, -0.25) is 0 Å². The predicted octanol–water partition coefficient (Wildman–Crippen LogP) is 3.28. The van der Waals surface area contributed by atoms with Crippen LogP contribution in [0.1, 0.15) is 47.5 Å². The van der Waals surface area contributed by atoms with E-state index in [1.165, 1.54) is 20.8 Å². The van der Waals surface area contributed by atoms with E-state index in [9.17, 15) is 23.1 Å². The topological polar surface area (TPSA) is 62.1 Å². The molecule has 5 nitrogen and oxygen atoms in total. The Morgan fingerprint density at radius 1 is 1.43 bits per heavy atom. The molecule has 0 spiro atoms. The number of carbonyl (C=O) groups excluding carboxylic acids is 1. The SMILES string of the molecule is CC(C)CC1=NN(C(=O)OC(C)(C)C)[C@](O)(C(F)(F)F)C1. The molecule has 0 bridgehead atoms. The van der Waals surface area contributed by atoms with Crippen LogP contribution in [0.25, 0.3) is 0 Å². The Morgan fingerprint density at radius 2 is 1.95 bits per heavy atom. The lowest BCUT2D eigenvalue weighted by Crippen LogP contribution is -2.57. The molecule has 0 saturated heterocycles. The number of alkyl halides is 3. The molecular formula is C13H21F3N2O3. The highest BCUT2D eigenvalue weighted by Gasteiger charge is 2.64. The van der Waals surface area contributed by atoms with E-state index in [1.54, 1.807) is 0 Å². The van der Waals surface area contributed by atoms with Gasteiger partial charge in [0, 0.05) is 12.1 Å². The van der Waals surface area contributed by atoms with Crippen molar-refractivity contribution >= 4 is 11.8 Å². The summed E-state index contributed by atoms with van der Waals surface area (Å²) < 4.78 is 44.3. The second-order valence-electron chi connectivity index (χ2n) is 6.55. The molecule has 0 aromatic carbocycles. The molecule has 1 amide bonds. The maximum atomic E-state index is 13.1. The summed E-state index contributed by atoms with van der Waals surface area (Å²) in [7, 11) is 0. The quantitative estimate of drug-likeness (QED) is 0.851. The molecule has 122 valence electrons. The minimum absolute atomic E-state index is 0.00988. The van der Waals surface area contributed by atoms with Crippen molar-refractivity contribution in [2.75, 3.05) is 0 Å². The second kappa shape index (κ2) is 5.47. The van der Waals surface area contributed by atoms with Crippen molar-refractivity contribution in [2.24, 2.45) is 11.0 Å². The third-order valence-corrected chi connectivity index (χ3v) is 2.71. The van der Waals surface area contributed by atoms with Crippen LogP contribution in [-0.2, 0) is 4.74 Å². The molecule has 0 aromatic rings. The van der Waals surface area contributed by atoms with Gasteiger partial charge in [-0.15, -0.1) is 0 Å². The minimum atomic E-state index is -5.02. The van der Waals surface area contributed by atoms with Gasteiger partial charge in [-0.05, 0) is 33.1 Å². The Hall–Kier alpha value is -1.31. The van der Waals surface area contributed by atoms with Crippen LogP contribution in [-0.4, -0.2) is 39.4 Å². The first-order chi connectivity index (χ1) is 9.26. The van der Waals surface area contributed by atoms with E-state index in [4.69, 9.17) is 4.74 Å². The molecule has 8 heteroatoms. The standard InChI is InChI=1S/C13H21F3N2O3/c1-8(2)6-9-7-12(20,13(14,15)16)18(17-9)10(19)21-11(3,4)5/h8,20H,6-7H2,1-5H3/t12-/m1/s1. The summed E-state index contributed by atoms with van der Waals surface area (Å²) in [4.78, 5) is 11.9. The molecule has 0 saturated carbocycles. The molecule has 21 heavy (non-hydrogen) atoms. The molecule has 0 unspecified atom stereocenters. The normalized spacial score (nSPS) is 23.5. The van der Waals surface area contributed by atoms with Crippen LogP contribution < -0.4 is 0 Å². The molecular weight excluding hydrogens is 289 g/mol. The largest absolute Gasteiger partial charge is 0.442 e. The van der Waals surface area contributed by atoms with Gasteiger partial charge in [0.1, 0.15) is 5.60 Å². The highest BCUT2D eigenvalue weighted by Crippen LogP contribution is 2.41. The smallest absolute Gasteiger partial charge is 0.439 e. The Morgan fingerprint density at radius 3 is 2.33 bits per heavy atom. The number of carbonyl (C=O) groups is 1. The van der Waals surface area contributed by atoms with Crippen molar-refractivity contribution < 1.29 is 27.8 Å². The van der Waals surface area contributed by atoms with Gasteiger partial charge in [0.2, 0.25) is 0 Å². The zero-order valence-corrected chi connectivity index (χ0v) is 12.8. The number of hydrogen-bond donors (Lipinski definition) is 1. The highest BCUT2D eigenvalue weighted by atomic mass is 19.4. The fourth-order valence-corrected chi connectivity index (χ4v) is 1.92. The van der Waals surface area contributed by atoms with Crippen molar-refractivity contribution in [3.05, 3.63) is 0 Å². The van der Waals surface area contributed by atoms with E-state index in [-0.39, 0.29) is 23.1 Å². The third-order valence-electron chi connectivity index (χ3n) is 2.71. The van der Waals surface area contributed by atoms with Crippen LogP contribution in [0.15, 0.2) is 5.10 Å². The second-order valence-corrected chi connectivity index (χ2v) is 6.55. The average Bonchev–Trinajstić information content (AvgIpc) is 2.52. The molecule has 1 N–H and O–H groups in total. The van der Waals surface area contributed by atoms with E-state index in [1.807, 2.05) is 13.8 Å². The lowest BCUT2D eigenvalue weighted by Gasteiger charge is -2.33. The molecule has 1 aliphatic heterocycles. The number of halogens is 3. The lowest BCUT2D eigenvalue weighted by atomic mass is 9.99. The number of rotatable bonds is 2. The minimum Gasteiger partial charge on any atom is -0.442 e. The number of ether oxygens (including phenoxy) is 1. The lowest BCUT2D eigenvalue weighted by molar-refractivity contribution is -0.300. The summed E-state index contributed by atoms with van der Waals surface area (Å²) in [6.45, 7) is 8.18. The number of hydrazone groups is 1. The summed E-state index contributed by atoms with van der Waals surface area (Å²) in [5, 5.41) is 13.6. The van der Waals surface area contributed by atoms with Gasteiger partial charge in [-0.2, -0.15) is 23.3 Å². The molecule has 0 fully saturated rings. The van der Waals surface area contributed by atoms with Crippen LogP contribution in [0.4, 0.5) is 18.0 Å². The molecule has 0 aromatic heterocycles. The molecule has 1 rings (SSSR count). The van der Waals surface area contributed by atoms with Gasteiger partial charge in [0.25, 0.3) is 5.72 Å². The number of nitrogens with zero attached hydrogens (tertiary/aromatic N) is 2. The Kier molecular flexibility index (Phi) is 4.62. The Labute approximate surface area is 121 Å². The Balaban J connectivity index is 3.08. The van der Waals surface area contributed by atoms with Gasteiger partial charge in [-0.25, -0.2) is 4.79 Å². The van der Waals surface area contributed by atoms with Crippen LogP contribution in [0.2, 0.25) is 0 Å². The number of amides is 1. The number of aliphatic hydroxyl groups is 1. The molecule has 0 radical (unpaired) electrons. The maximum absolute atomic E-state index is 13.1. The summed E-state index contributed by atoms with van der Waals surface area (Å²) in [6, 6.07) is 0.